The number of aromatic nitrogens is 2. The first kappa shape index (κ1) is 13.6. The van der Waals surface area contributed by atoms with Gasteiger partial charge >= 0.3 is 5.69 Å². The predicted molar refractivity (Wildman–Crippen MR) is 67.5 cm³/mol. The molecule has 4 N–H and O–H groups in total. The van der Waals surface area contributed by atoms with Crippen LogP contribution in [-0.2, 0) is 4.74 Å². The van der Waals surface area contributed by atoms with Gasteiger partial charge in [-0.25, -0.2) is 9.18 Å². The molecule has 1 saturated heterocycles. The van der Waals surface area contributed by atoms with Crippen molar-refractivity contribution in [2.75, 3.05) is 12.3 Å². The van der Waals surface area contributed by atoms with Gasteiger partial charge in [-0.2, -0.15) is 4.98 Å². The number of nitrogens with zero attached hydrogens (tertiary/aromatic N) is 2. The fourth-order valence-corrected chi connectivity index (χ4v) is 2.14. The molecule has 0 saturated carbocycles. The number of halogens is 2. The van der Waals surface area contributed by atoms with Crippen molar-refractivity contribution in [3.63, 3.8) is 0 Å². The summed E-state index contributed by atoms with van der Waals surface area (Å²) in [6.07, 6.45) is -4.38. The smallest absolute Gasteiger partial charge is 0.351 e. The molecule has 2 heterocycles. The summed E-state index contributed by atoms with van der Waals surface area (Å²) in [7, 11) is 0. The Hall–Kier alpha value is -0.780. The Morgan fingerprint density at radius 3 is 2.89 bits per heavy atom. The van der Waals surface area contributed by atoms with Crippen LogP contribution in [0.3, 0.4) is 0 Å². The SMILES string of the molecule is Nc1nc(=O)n([C@H]2O[C@H](CO)[C@@H](O)[C@@H]2F)cc1I. The van der Waals surface area contributed by atoms with E-state index < -0.39 is 36.9 Å². The average Bonchev–Trinajstić information content (AvgIpc) is 2.61. The van der Waals surface area contributed by atoms with E-state index in [0.29, 0.717) is 3.57 Å². The van der Waals surface area contributed by atoms with Gasteiger partial charge in [-0.1, -0.05) is 0 Å². The number of alkyl halides is 1. The molecule has 0 bridgehead atoms. The second kappa shape index (κ2) is 5.07. The summed E-state index contributed by atoms with van der Waals surface area (Å²) in [5.41, 5.74) is 4.68. The highest BCUT2D eigenvalue weighted by molar-refractivity contribution is 14.1. The van der Waals surface area contributed by atoms with Crippen molar-refractivity contribution in [2.24, 2.45) is 0 Å². The quantitative estimate of drug-likeness (QED) is 0.577. The monoisotopic (exact) mass is 371 g/mol. The number of rotatable bonds is 2. The van der Waals surface area contributed by atoms with E-state index in [2.05, 4.69) is 4.98 Å². The van der Waals surface area contributed by atoms with Crippen molar-refractivity contribution in [1.29, 1.82) is 0 Å². The third-order valence-electron chi connectivity index (χ3n) is 2.68. The van der Waals surface area contributed by atoms with Gasteiger partial charge in [0.1, 0.15) is 18.0 Å². The van der Waals surface area contributed by atoms with E-state index in [9.17, 15) is 14.3 Å². The van der Waals surface area contributed by atoms with Crippen LogP contribution in [0.4, 0.5) is 10.2 Å². The number of nitrogen functional groups attached to an aromatic ring is 1. The first-order chi connectivity index (χ1) is 8.45. The Balaban J connectivity index is 2.39. The van der Waals surface area contributed by atoms with E-state index in [4.69, 9.17) is 15.6 Å². The van der Waals surface area contributed by atoms with Crippen LogP contribution in [0.15, 0.2) is 11.0 Å². The lowest BCUT2D eigenvalue weighted by Crippen LogP contribution is -2.34. The Morgan fingerprint density at radius 1 is 1.67 bits per heavy atom. The number of nitrogens with two attached hydrogens (primary N) is 1. The van der Waals surface area contributed by atoms with Crippen molar-refractivity contribution in [3.05, 3.63) is 20.3 Å². The van der Waals surface area contributed by atoms with Gasteiger partial charge in [0, 0.05) is 6.20 Å². The van der Waals surface area contributed by atoms with E-state index in [1.807, 2.05) is 22.6 Å². The van der Waals surface area contributed by atoms with Crippen LogP contribution in [0.25, 0.3) is 0 Å². The van der Waals surface area contributed by atoms with E-state index >= 15 is 0 Å². The summed E-state index contributed by atoms with van der Waals surface area (Å²) in [4.78, 5) is 15.1. The van der Waals surface area contributed by atoms with Gasteiger partial charge < -0.3 is 20.7 Å². The largest absolute Gasteiger partial charge is 0.394 e. The lowest BCUT2D eigenvalue weighted by Gasteiger charge is -2.16. The lowest BCUT2D eigenvalue weighted by atomic mass is 10.1. The summed E-state index contributed by atoms with van der Waals surface area (Å²) < 4.78 is 20.3. The number of ether oxygens (including phenoxy) is 1. The number of aliphatic hydroxyl groups is 2. The summed E-state index contributed by atoms with van der Waals surface area (Å²) in [6.45, 7) is -0.535. The molecule has 9 heteroatoms. The van der Waals surface area contributed by atoms with Gasteiger partial charge in [0.2, 0.25) is 0 Å². The molecule has 1 aromatic heterocycles. The van der Waals surface area contributed by atoms with Crippen molar-refractivity contribution < 1.29 is 19.3 Å². The Labute approximate surface area is 115 Å². The average molecular weight is 371 g/mol. The zero-order valence-electron chi connectivity index (χ0n) is 9.03. The molecule has 0 radical (unpaired) electrons. The number of hydrogen-bond donors (Lipinski definition) is 3. The highest BCUT2D eigenvalue weighted by atomic mass is 127. The summed E-state index contributed by atoms with van der Waals surface area (Å²) in [6, 6.07) is 0. The van der Waals surface area contributed by atoms with E-state index in [0.717, 1.165) is 4.57 Å². The van der Waals surface area contributed by atoms with Gasteiger partial charge in [-0.15, -0.1) is 0 Å². The first-order valence-electron chi connectivity index (χ1n) is 5.08. The van der Waals surface area contributed by atoms with Gasteiger partial charge in [-0.05, 0) is 22.6 Å². The maximum absolute atomic E-state index is 13.8. The summed E-state index contributed by atoms with van der Waals surface area (Å²) >= 11 is 1.84. The Bertz CT molecular complexity index is 511. The highest BCUT2D eigenvalue weighted by Gasteiger charge is 2.45. The maximum Gasteiger partial charge on any atom is 0.351 e. The molecular weight excluding hydrogens is 360 g/mol. The zero-order valence-corrected chi connectivity index (χ0v) is 11.2. The summed E-state index contributed by atoms with van der Waals surface area (Å²) in [5, 5.41) is 18.4. The fraction of sp³-hybridized carbons (Fsp3) is 0.556. The van der Waals surface area contributed by atoms with Crippen LogP contribution in [0.5, 0.6) is 0 Å². The minimum absolute atomic E-state index is 0.0458. The lowest BCUT2D eigenvalue weighted by molar-refractivity contribution is -0.0491. The van der Waals surface area contributed by atoms with Crippen molar-refractivity contribution in [2.45, 2.75) is 24.6 Å². The molecule has 1 aliphatic heterocycles. The molecule has 18 heavy (non-hydrogen) atoms. The van der Waals surface area contributed by atoms with Crippen LogP contribution < -0.4 is 11.4 Å². The third kappa shape index (κ3) is 2.22. The molecule has 1 fully saturated rings. The molecule has 0 aliphatic carbocycles. The topological polar surface area (TPSA) is 111 Å². The molecule has 0 unspecified atom stereocenters. The molecule has 0 amide bonds. The normalized spacial score (nSPS) is 31.8. The predicted octanol–water partition coefficient (Wildman–Crippen LogP) is -0.981. The second-order valence-electron chi connectivity index (χ2n) is 3.85. The number of hydrogen-bond acceptors (Lipinski definition) is 6. The molecule has 100 valence electrons. The van der Waals surface area contributed by atoms with Gasteiger partial charge in [0.05, 0.1) is 10.2 Å². The second-order valence-corrected chi connectivity index (χ2v) is 5.01. The minimum Gasteiger partial charge on any atom is -0.394 e. The van der Waals surface area contributed by atoms with Gasteiger partial charge in [-0.3, -0.25) is 4.57 Å². The first-order valence-corrected chi connectivity index (χ1v) is 6.16. The van der Waals surface area contributed by atoms with Crippen molar-refractivity contribution >= 4 is 28.4 Å². The van der Waals surface area contributed by atoms with Crippen LogP contribution >= 0.6 is 22.6 Å². The van der Waals surface area contributed by atoms with Gasteiger partial charge in [0.25, 0.3) is 0 Å². The van der Waals surface area contributed by atoms with Crippen LogP contribution in [0.1, 0.15) is 6.23 Å². The molecule has 4 atom stereocenters. The summed E-state index contributed by atoms with van der Waals surface area (Å²) in [5.74, 6) is 0.0458. The fourth-order valence-electron chi connectivity index (χ4n) is 1.72. The molecule has 0 aromatic carbocycles. The van der Waals surface area contributed by atoms with E-state index in [1.165, 1.54) is 6.20 Å². The zero-order chi connectivity index (χ0) is 13.4. The van der Waals surface area contributed by atoms with Crippen molar-refractivity contribution in [1.82, 2.24) is 9.55 Å². The van der Waals surface area contributed by atoms with E-state index in [1.54, 1.807) is 0 Å². The van der Waals surface area contributed by atoms with Crippen molar-refractivity contribution in [3.8, 4) is 0 Å². The minimum atomic E-state index is -1.82. The highest BCUT2D eigenvalue weighted by Crippen LogP contribution is 2.31. The molecule has 2 rings (SSSR count). The Kier molecular flexibility index (Phi) is 3.84. The third-order valence-corrected chi connectivity index (χ3v) is 3.51. The molecule has 1 aliphatic rings. The van der Waals surface area contributed by atoms with Crippen LogP contribution in [-0.4, -0.2) is 44.8 Å². The molecular formula is C9H11FIN3O4. The van der Waals surface area contributed by atoms with E-state index in [-0.39, 0.29) is 5.82 Å². The standard InChI is InChI=1S/C9H11FIN3O4/c10-5-6(16)4(2-15)18-8(5)14-1-3(11)7(12)13-9(14)17/h1,4-6,8,15-16H,2H2,(H2,12,13,17)/t4-,5+,6-,8+/m1/s1. The molecule has 1 aromatic rings. The number of aliphatic hydroxyl groups excluding tert-OH is 2. The van der Waals surface area contributed by atoms with Crippen LogP contribution in [0.2, 0.25) is 0 Å². The van der Waals surface area contributed by atoms with Crippen LogP contribution in [0, 0.1) is 3.57 Å². The molecule has 0 spiro atoms. The maximum atomic E-state index is 13.8. The number of anilines is 1. The molecule has 7 nitrogen and oxygen atoms in total. The Morgan fingerprint density at radius 2 is 2.33 bits per heavy atom. The van der Waals surface area contributed by atoms with Gasteiger partial charge in [0.15, 0.2) is 12.4 Å².